The van der Waals surface area contributed by atoms with Gasteiger partial charge < -0.3 is 9.73 Å². The number of halogens is 3. The Morgan fingerprint density at radius 2 is 1.89 bits per heavy atom. The SMILES string of the molecule is CN(Cc1occc1CNC(C)(C)C)CC(F)(F)F. The highest BCUT2D eigenvalue weighted by molar-refractivity contribution is 5.17. The Kier molecular flexibility index (Phi) is 5.04. The minimum Gasteiger partial charge on any atom is -0.468 e. The first-order valence-corrected chi connectivity index (χ1v) is 6.12. The largest absolute Gasteiger partial charge is 0.468 e. The number of hydrogen-bond acceptors (Lipinski definition) is 3. The van der Waals surface area contributed by atoms with E-state index in [0.29, 0.717) is 12.3 Å². The van der Waals surface area contributed by atoms with E-state index < -0.39 is 12.7 Å². The van der Waals surface area contributed by atoms with Gasteiger partial charge >= 0.3 is 6.18 Å². The summed E-state index contributed by atoms with van der Waals surface area (Å²) in [5.74, 6) is 0.573. The molecule has 0 spiro atoms. The molecule has 0 radical (unpaired) electrons. The van der Waals surface area contributed by atoms with Gasteiger partial charge in [0.25, 0.3) is 0 Å². The van der Waals surface area contributed by atoms with Gasteiger partial charge in [0.1, 0.15) is 5.76 Å². The lowest BCUT2D eigenvalue weighted by molar-refractivity contribution is -0.144. The van der Waals surface area contributed by atoms with Crippen LogP contribution < -0.4 is 5.32 Å². The molecule has 1 aromatic heterocycles. The fourth-order valence-electron chi connectivity index (χ4n) is 1.63. The average Bonchev–Trinajstić information content (AvgIpc) is 2.57. The Morgan fingerprint density at radius 3 is 2.42 bits per heavy atom. The normalized spacial score (nSPS) is 13.3. The zero-order valence-corrected chi connectivity index (χ0v) is 11.8. The predicted octanol–water partition coefficient (Wildman–Crippen LogP) is 3.16. The summed E-state index contributed by atoms with van der Waals surface area (Å²) in [7, 11) is 1.43. The number of furan rings is 1. The molecule has 0 fully saturated rings. The van der Waals surface area contributed by atoms with Crippen LogP contribution in [-0.4, -0.2) is 30.2 Å². The van der Waals surface area contributed by atoms with E-state index in [1.54, 1.807) is 6.07 Å². The lowest BCUT2D eigenvalue weighted by Gasteiger charge is -2.21. The maximum Gasteiger partial charge on any atom is 0.401 e. The zero-order valence-electron chi connectivity index (χ0n) is 11.8. The maximum atomic E-state index is 12.3. The summed E-state index contributed by atoms with van der Waals surface area (Å²) in [5, 5.41) is 3.29. The molecule has 0 saturated heterocycles. The highest BCUT2D eigenvalue weighted by Gasteiger charge is 2.29. The topological polar surface area (TPSA) is 28.4 Å². The van der Waals surface area contributed by atoms with E-state index in [-0.39, 0.29) is 12.1 Å². The molecule has 0 bridgehead atoms. The predicted molar refractivity (Wildman–Crippen MR) is 67.7 cm³/mol. The van der Waals surface area contributed by atoms with E-state index in [1.165, 1.54) is 18.2 Å². The Morgan fingerprint density at radius 1 is 1.26 bits per heavy atom. The molecule has 0 aliphatic rings. The van der Waals surface area contributed by atoms with Crippen LogP contribution >= 0.6 is 0 Å². The van der Waals surface area contributed by atoms with Gasteiger partial charge in [0.05, 0.1) is 19.4 Å². The lowest BCUT2D eigenvalue weighted by atomic mass is 10.1. The number of rotatable bonds is 5. The third-order valence-corrected chi connectivity index (χ3v) is 2.51. The van der Waals surface area contributed by atoms with Crippen LogP contribution in [0, 0.1) is 0 Å². The summed E-state index contributed by atoms with van der Waals surface area (Å²) in [6.07, 6.45) is -2.68. The van der Waals surface area contributed by atoms with Gasteiger partial charge in [-0.2, -0.15) is 13.2 Å². The molecule has 110 valence electrons. The van der Waals surface area contributed by atoms with Crippen LogP contribution in [0.15, 0.2) is 16.7 Å². The van der Waals surface area contributed by atoms with Gasteiger partial charge in [0.2, 0.25) is 0 Å². The Balaban J connectivity index is 2.58. The van der Waals surface area contributed by atoms with E-state index in [9.17, 15) is 13.2 Å². The van der Waals surface area contributed by atoms with Crippen LogP contribution in [-0.2, 0) is 13.1 Å². The third-order valence-electron chi connectivity index (χ3n) is 2.51. The van der Waals surface area contributed by atoms with E-state index in [0.717, 1.165) is 5.56 Å². The fraction of sp³-hybridized carbons (Fsp3) is 0.692. The van der Waals surface area contributed by atoms with Gasteiger partial charge in [-0.25, -0.2) is 0 Å². The third kappa shape index (κ3) is 6.63. The van der Waals surface area contributed by atoms with Crippen molar-refractivity contribution in [2.45, 2.75) is 45.6 Å². The highest BCUT2D eigenvalue weighted by Crippen LogP contribution is 2.19. The van der Waals surface area contributed by atoms with Crippen LogP contribution in [0.1, 0.15) is 32.1 Å². The van der Waals surface area contributed by atoms with Crippen LogP contribution in [0.4, 0.5) is 13.2 Å². The van der Waals surface area contributed by atoms with Gasteiger partial charge in [-0.15, -0.1) is 0 Å². The van der Waals surface area contributed by atoms with Gasteiger partial charge in [0.15, 0.2) is 0 Å². The first-order valence-electron chi connectivity index (χ1n) is 6.12. The van der Waals surface area contributed by atoms with Crippen molar-refractivity contribution in [1.82, 2.24) is 10.2 Å². The second kappa shape index (κ2) is 5.96. The van der Waals surface area contributed by atoms with E-state index >= 15 is 0 Å². The molecule has 0 unspecified atom stereocenters. The molecule has 6 heteroatoms. The summed E-state index contributed by atoms with van der Waals surface area (Å²) in [5.41, 5.74) is 0.843. The Bertz CT molecular complexity index is 393. The summed E-state index contributed by atoms with van der Waals surface area (Å²) < 4.78 is 42.0. The van der Waals surface area contributed by atoms with Crippen LogP contribution in [0.25, 0.3) is 0 Å². The summed E-state index contributed by atoms with van der Waals surface area (Å²) >= 11 is 0. The molecular weight excluding hydrogens is 257 g/mol. The smallest absolute Gasteiger partial charge is 0.401 e. The molecule has 1 heterocycles. The fourth-order valence-corrected chi connectivity index (χ4v) is 1.63. The van der Waals surface area contributed by atoms with Gasteiger partial charge in [-0.1, -0.05) is 0 Å². The first kappa shape index (κ1) is 16.0. The minimum absolute atomic E-state index is 0.0492. The van der Waals surface area contributed by atoms with E-state index in [1.807, 2.05) is 20.8 Å². The lowest BCUT2D eigenvalue weighted by Crippen LogP contribution is -2.35. The van der Waals surface area contributed by atoms with Crippen molar-refractivity contribution >= 4 is 0 Å². The Hall–Kier alpha value is -1.01. The van der Waals surface area contributed by atoms with Crippen molar-refractivity contribution in [1.29, 1.82) is 0 Å². The monoisotopic (exact) mass is 278 g/mol. The standard InChI is InChI=1S/C13H21F3N2O/c1-12(2,3)17-7-10-5-6-19-11(10)8-18(4)9-13(14,15)16/h5-6,17H,7-9H2,1-4H3. The molecule has 0 aliphatic heterocycles. The molecule has 1 N–H and O–H groups in total. The van der Waals surface area contributed by atoms with Crippen molar-refractivity contribution in [3.05, 3.63) is 23.7 Å². The number of nitrogens with zero attached hydrogens (tertiary/aromatic N) is 1. The average molecular weight is 278 g/mol. The molecule has 19 heavy (non-hydrogen) atoms. The van der Waals surface area contributed by atoms with Crippen molar-refractivity contribution < 1.29 is 17.6 Å². The van der Waals surface area contributed by atoms with Crippen molar-refractivity contribution in [2.75, 3.05) is 13.6 Å². The van der Waals surface area contributed by atoms with Crippen LogP contribution in [0.5, 0.6) is 0 Å². The molecular formula is C13H21F3N2O. The summed E-state index contributed by atoms with van der Waals surface area (Å²) in [6, 6.07) is 1.79. The van der Waals surface area contributed by atoms with Gasteiger partial charge in [-0.3, -0.25) is 4.90 Å². The second-order valence-corrected chi connectivity index (χ2v) is 5.76. The van der Waals surface area contributed by atoms with E-state index in [4.69, 9.17) is 4.42 Å². The molecule has 0 aromatic carbocycles. The number of alkyl halides is 3. The molecule has 1 aromatic rings. The van der Waals surface area contributed by atoms with Crippen LogP contribution in [0.3, 0.4) is 0 Å². The zero-order chi connectivity index (χ0) is 14.7. The summed E-state index contributed by atoms with van der Waals surface area (Å²) in [6.45, 7) is 5.87. The van der Waals surface area contributed by atoms with Crippen molar-refractivity contribution in [3.63, 3.8) is 0 Å². The molecule has 0 aliphatic carbocycles. The van der Waals surface area contributed by atoms with Crippen molar-refractivity contribution in [2.24, 2.45) is 0 Å². The molecule has 0 saturated carbocycles. The first-order chi connectivity index (χ1) is 8.57. The quantitative estimate of drug-likeness (QED) is 0.896. The molecule has 0 amide bonds. The summed E-state index contributed by atoms with van der Waals surface area (Å²) in [4.78, 5) is 1.19. The maximum absolute atomic E-state index is 12.3. The molecule has 0 atom stereocenters. The van der Waals surface area contributed by atoms with Crippen LogP contribution in [0.2, 0.25) is 0 Å². The van der Waals surface area contributed by atoms with E-state index in [2.05, 4.69) is 5.32 Å². The number of nitrogens with one attached hydrogen (secondary N) is 1. The Labute approximate surface area is 111 Å². The molecule has 3 nitrogen and oxygen atoms in total. The minimum atomic E-state index is -4.19. The second-order valence-electron chi connectivity index (χ2n) is 5.76. The number of hydrogen-bond donors (Lipinski definition) is 1. The van der Waals surface area contributed by atoms with Gasteiger partial charge in [0, 0.05) is 17.6 Å². The highest BCUT2D eigenvalue weighted by atomic mass is 19.4. The van der Waals surface area contributed by atoms with Gasteiger partial charge in [-0.05, 0) is 33.9 Å². The molecule has 1 rings (SSSR count). The van der Waals surface area contributed by atoms with Crippen molar-refractivity contribution in [3.8, 4) is 0 Å².